The van der Waals surface area contributed by atoms with Crippen molar-refractivity contribution in [2.75, 3.05) is 17.1 Å². The molecule has 2 aromatic rings. The first-order valence-corrected chi connectivity index (χ1v) is 12.6. The Bertz CT molecular complexity index is 1150. The summed E-state index contributed by atoms with van der Waals surface area (Å²) < 4.78 is 65.2. The number of nitrogens with zero attached hydrogens (tertiary/aromatic N) is 1. The second kappa shape index (κ2) is 10.2. The normalized spacial score (nSPS) is 14.5. The maximum absolute atomic E-state index is 13.2. The van der Waals surface area contributed by atoms with Gasteiger partial charge in [-0.1, -0.05) is 35.4 Å². The van der Waals surface area contributed by atoms with Crippen molar-refractivity contribution in [2.45, 2.75) is 38.4 Å². The van der Waals surface area contributed by atoms with Crippen LogP contribution in [0.1, 0.15) is 47.2 Å². The molecule has 1 aliphatic carbocycles. The largest absolute Gasteiger partial charge is 0.417 e. The molecule has 0 aromatic heterocycles. The van der Waals surface area contributed by atoms with E-state index in [2.05, 4.69) is 11.4 Å². The number of allylic oxidation sites excluding steroid dienone is 1. The van der Waals surface area contributed by atoms with Gasteiger partial charge < -0.3 is 5.32 Å². The highest BCUT2D eigenvalue weighted by molar-refractivity contribution is 7.92. The number of hydrogen-bond acceptors (Lipinski definition) is 3. The third-order valence-corrected chi connectivity index (χ3v) is 6.82. The van der Waals surface area contributed by atoms with Crippen molar-refractivity contribution in [3.63, 3.8) is 0 Å². The third-order valence-electron chi connectivity index (χ3n) is 5.35. The molecule has 3 rings (SSSR count). The van der Waals surface area contributed by atoms with Crippen LogP contribution in [0.5, 0.6) is 0 Å². The highest BCUT2D eigenvalue weighted by atomic mass is 35.5. The molecule has 0 saturated heterocycles. The van der Waals surface area contributed by atoms with E-state index >= 15 is 0 Å². The van der Waals surface area contributed by atoms with E-state index in [4.69, 9.17) is 11.6 Å². The summed E-state index contributed by atoms with van der Waals surface area (Å²) in [5, 5.41) is 2.36. The van der Waals surface area contributed by atoms with E-state index in [9.17, 15) is 26.4 Å². The van der Waals surface area contributed by atoms with Gasteiger partial charge in [0.2, 0.25) is 10.0 Å². The van der Waals surface area contributed by atoms with Gasteiger partial charge in [0, 0.05) is 12.1 Å². The van der Waals surface area contributed by atoms with E-state index in [-0.39, 0.29) is 18.1 Å². The summed E-state index contributed by atoms with van der Waals surface area (Å²) in [6, 6.07) is 9.23. The number of nitrogens with one attached hydrogen (secondary N) is 1. The van der Waals surface area contributed by atoms with Gasteiger partial charge in [-0.25, -0.2) is 8.42 Å². The van der Waals surface area contributed by atoms with Gasteiger partial charge in [0.15, 0.2) is 0 Å². The van der Waals surface area contributed by atoms with Crippen LogP contribution in [-0.4, -0.2) is 27.1 Å². The molecule has 0 bridgehead atoms. The maximum Gasteiger partial charge on any atom is 0.417 e. The van der Waals surface area contributed by atoms with Crippen LogP contribution in [0.15, 0.2) is 54.1 Å². The van der Waals surface area contributed by atoms with E-state index < -0.39 is 26.8 Å². The van der Waals surface area contributed by atoms with Crippen molar-refractivity contribution in [1.29, 1.82) is 0 Å². The van der Waals surface area contributed by atoms with Crippen LogP contribution in [0.4, 0.5) is 18.9 Å². The van der Waals surface area contributed by atoms with Crippen molar-refractivity contribution in [2.24, 2.45) is 0 Å². The first-order chi connectivity index (χ1) is 15.4. The quantitative estimate of drug-likeness (QED) is 0.506. The van der Waals surface area contributed by atoms with E-state index in [0.717, 1.165) is 42.3 Å². The monoisotopic (exact) mass is 500 g/mol. The van der Waals surface area contributed by atoms with Gasteiger partial charge in [-0.3, -0.25) is 9.10 Å². The molecule has 1 amide bonds. The molecule has 0 fully saturated rings. The molecule has 1 N–H and O–H groups in total. The number of rotatable bonds is 7. The van der Waals surface area contributed by atoms with E-state index in [0.29, 0.717) is 23.7 Å². The predicted octanol–water partition coefficient (Wildman–Crippen LogP) is 5.56. The molecule has 0 atom stereocenters. The number of hydrogen-bond donors (Lipinski definition) is 1. The standard InChI is InChI=1S/C23H24ClF3N2O3S/c1-33(31,32)29(19-11-12-21(24)20(13-19)23(25,26)27)15-17-7-9-18(10-8-17)22(30)28-14-16-5-3-2-4-6-16/h5,7-13H,2-4,6,14-15H2,1H3,(H,28,30). The fourth-order valence-corrected chi connectivity index (χ4v) is 4.68. The van der Waals surface area contributed by atoms with Crippen molar-refractivity contribution in [1.82, 2.24) is 5.32 Å². The summed E-state index contributed by atoms with van der Waals surface area (Å²) in [6.45, 7) is 0.285. The Morgan fingerprint density at radius 3 is 2.39 bits per heavy atom. The van der Waals surface area contributed by atoms with Crippen LogP contribution in [-0.2, 0) is 22.7 Å². The van der Waals surface area contributed by atoms with Gasteiger partial charge in [0.1, 0.15) is 0 Å². The fraction of sp³-hybridized carbons (Fsp3) is 0.348. The van der Waals surface area contributed by atoms with Crippen molar-refractivity contribution < 1.29 is 26.4 Å². The van der Waals surface area contributed by atoms with Crippen LogP contribution in [0.25, 0.3) is 0 Å². The van der Waals surface area contributed by atoms with E-state index in [1.807, 2.05) is 0 Å². The van der Waals surface area contributed by atoms with Crippen molar-refractivity contribution in [3.05, 3.63) is 75.8 Å². The number of carbonyl (C=O) groups is 1. The van der Waals surface area contributed by atoms with Gasteiger partial charge in [-0.2, -0.15) is 13.2 Å². The highest BCUT2D eigenvalue weighted by Crippen LogP contribution is 2.37. The number of alkyl halides is 3. The van der Waals surface area contributed by atoms with E-state index in [1.54, 1.807) is 24.3 Å². The Kier molecular flexibility index (Phi) is 7.74. The zero-order valence-corrected chi connectivity index (χ0v) is 19.5. The van der Waals surface area contributed by atoms with Gasteiger partial charge in [-0.05, 0) is 61.6 Å². The minimum atomic E-state index is -4.72. The minimum absolute atomic E-state index is 0.156. The summed E-state index contributed by atoms with van der Waals surface area (Å²) in [7, 11) is -3.90. The molecule has 5 nitrogen and oxygen atoms in total. The van der Waals surface area contributed by atoms with Gasteiger partial charge in [-0.15, -0.1) is 0 Å². The predicted molar refractivity (Wildman–Crippen MR) is 123 cm³/mol. The van der Waals surface area contributed by atoms with Crippen LogP contribution in [0.2, 0.25) is 5.02 Å². The SMILES string of the molecule is CS(=O)(=O)N(Cc1ccc(C(=O)NCC2=CCCCC2)cc1)c1ccc(Cl)c(C(F)(F)F)c1. The van der Waals surface area contributed by atoms with Gasteiger partial charge in [0.05, 0.1) is 29.1 Å². The molecule has 2 aromatic carbocycles. The molecule has 33 heavy (non-hydrogen) atoms. The lowest BCUT2D eigenvalue weighted by Crippen LogP contribution is -2.29. The number of carbonyl (C=O) groups excluding carboxylic acids is 1. The maximum atomic E-state index is 13.2. The van der Waals surface area contributed by atoms with Crippen LogP contribution >= 0.6 is 11.6 Å². The number of amides is 1. The lowest BCUT2D eigenvalue weighted by atomic mass is 9.99. The van der Waals surface area contributed by atoms with Gasteiger partial charge in [0.25, 0.3) is 5.91 Å². The molecule has 0 aliphatic heterocycles. The molecule has 0 spiro atoms. The molecular formula is C23H24ClF3N2O3S. The Morgan fingerprint density at radius 1 is 1.12 bits per heavy atom. The minimum Gasteiger partial charge on any atom is -0.348 e. The summed E-state index contributed by atoms with van der Waals surface area (Å²) in [6.07, 6.45) is 2.61. The number of benzene rings is 2. The summed E-state index contributed by atoms with van der Waals surface area (Å²) in [4.78, 5) is 12.4. The Morgan fingerprint density at radius 2 is 1.82 bits per heavy atom. The zero-order valence-electron chi connectivity index (χ0n) is 18.0. The summed E-state index contributed by atoms with van der Waals surface area (Å²) >= 11 is 5.65. The lowest BCUT2D eigenvalue weighted by molar-refractivity contribution is -0.137. The first-order valence-electron chi connectivity index (χ1n) is 10.3. The average Bonchev–Trinajstić information content (AvgIpc) is 2.76. The second-order valence-electron chi connectivity index (χ2n) is 7.92. The number of sulfonamides is 1. The molecule has 0 saturated carbocycles. The lowest BCUT2D eigenvalue weighted by Gasteiger charge is -2.24. The smallest absolute Gasteiger partial charge is 0.348 e. The van der Waals surface area contributed by atoms with Crippen LogP contribution in [0.3, 0.4) is 0 Å². The number of halogens is 4. The van der Waals surface area contributed by atoms with E-state index in [1.165, 1.54) is 11.6 Å². The third kappa shape index (κ3) is 6.74. The second-order valence-corrected chi connectivity index (χ2v) is 10.2. The number of anilines is 1. The molecular weight excluding hydrogens is 477 g/mol. The molecule has 0 radical (unpaired) electrons. The fourth-order valence-electron chi connectivity index (χ4n) is 3.57. The Labute approximate surface area is 196 Å². The zero-order chi connectivity index (χ0) is 24.2. The molecule has 10 heteroatoms. The summed E-state index contributed by atoms with van der Waals surface area (Å²) in [5.74, 6) is -0.250. The Hall–Kier alpha value is -2.52. The molecule has 0 heterocycles. The van der Waals surface area contributed by atoms with Crippen molar-refractivity contribution >= 4 is 33.2 Å². The van der Waals surface area contributed by atoms with Crippen LogP contribution < -0.4 is 9.62 Å². The average molecular weight is 501 g/mol. The molecule has 1 aliphatic rings. The van der Waals surface area contributed by atoms with Crippen molar-refractivity contribution in [3.8, 4) is 0 Å². The molecule has 178 valence electrons. The molecule has 0 unspecified atom stereocenters. The summed E-state index contributed by atoms with van der Waals surface area (Å²) in [5.41, 5.74) is 0.853. The Balaban J connectivity index is 1.76. The highest BCUT2D eigenvalue weighted by Gasteiger charge is 2.34. The first kappa shape index (κ1) is 25.1. The topological polar surface area (TPSA) is 66.5 Å². The van der Waals surface area contributed by atoms with Gasteiger partial charge >= 0.3 is 6.18 Å². The van der Waals surface area contributed by atoms with Crippen LogP contribution in [0, 0.1) is 0 Å².